The lowest BCUT2D eigenvalue weighted by atomic mass is 9.85. The zero-order valence-corrected chi connectivity index (χ0v) is 22.4. The Kier molecular flexibility index (Phi) is 6.52. The normalized spacial score (nSPS) is 23.6. The second-order valence-electron chi connectivity index (χ2n) is 10.5. The number of fused-ring (bicyclic) bond motifs is 3. The fourth-order valence-electron chi connectivity index (χ4n) is 6.24. The highest BCUT2D eigenvalue weighted by Crippen LogP contribution is 2.45. The Morgan fingerprint density at radius 1 is 1.03 bits per heavy atom. The number of piperidine rings is 1. The number of nitrogens with zero attached hydrogens (tertiary/aromatic N) is 3. The molecule has 38 heavy (non-hydrogen) atoms. The van der Waals surface area contributed by atoms with Crippen LogP contribution >= 0.6 is 11.6 Å². The number of aliphatic carboxylic acids is 1. The Morgan fingerprint density at radius 3 is 2.37 bits per heavy atom. The predicted molar refractivity (Wildman–Crippen MR) is 146 cm³/mol. The van der Waals surface area contributed by atoms with Crippen molar-refractivity contribution in [2.45, 2.75) is 67.8 Å². The number of sulfone groups is 1. The molecule has 198 valence electrons. The summed E-state index contributed by atoms with van der Waals surface area (Å²) in [6, 6.07) is 15.7. The molecule has 3 aliphatic heterocycles. The molecule has 2 bridgehead atoms. The summed E-state index contributed by atoms with van der Waals surface area (Å²) in [7, 11) is -3.52. The molecule has 8 nitrogen and oxygen atoms in total. The molecule has 2 aromatic carbocycles. The molecule has 3 aromatic rings. The van der Waals surface area contributed by atoms with Gasteiger partial charge in [-0.2, -0.15) is 4.98 Å². The number of aryl methyl sites for hydroxylation is 1. The number of aromatic nitrogens is 2. The Balaban J connectivity index is 1.33. The van der Waals surface area contributed by atoms with Crippen molar-refractivity contribution in [2.75, 3.05) is 16.0 Å². The van der Waals surface area contributed by atoms with Crippen molar-refractivity contribution in [2.24, 2.45) is 0 Å². The average molecular weight is 553 g/mol. The highest BCUT2D eigenvalue weighted by atomic mass is 35.5. The third-order valence-corrected chi connectivity index (χ3v) is 10.1. The van der Waals surface area contributed by atoms with Gasteiger partial charge in [-0.3, -0.25) is 4.79 Å². The van der Waals surface area contributed by atoms with Gasteiger partial charge in [-0.25, -0.2) is 13.4 Å². The highest BCUT2D eigenvalue weighted by molar-refractivity contribution is 7.91. The third-order valence-electron chi connectivity index (χ3n) is 7.94. The molecule has 2 fully saturated rings. The second kappa shape index (κ2) is 9.85. The monoisotopic (exact) mass is 552 g/mol. The Morgan fingerprint density at radius 2 is 1.71 bits per heavy atom. The number of anilines is 3. The summed E-state index contributed by atoms with van der Waals surface area (Å²) >= 11 is 6.10. The average Bonchev–Trinajstić information content (AvgIpc) is 3.14. The van der Waals surface area contributed by atoms with Crippen molar-refractivity contribution in [1.29, 1.82) is 0 Å². The smallest absolute Gasteiger partial charge is 0.307 e. The summed E-state index contributed by atoms with van der Waals surface area (Å²) in [5.41, 5.74) is 3.19. The molecule has 4 heterocycles. The van der Waals surface area contributed by atoms with Gasteiger partial charge >= 0.3 is 5.97 Å². The van der Waals surface area contributed by atoms with Gasteiger partial charge in [0.25, 0.3) is 0 Å². The topological polar surface area (TPSA) is 112 Å². The number of halogens is 1. The van der Waals surface area contributed by atoms with Gasteiger partial charge in [0, 0.05) is 22.8 Å². The van der Waals surface area contributed by atoms with Gasteiger partial charge in [-0.05, 0) is 79.8 Å². The molecule has 1 aromatic heterocycles. The molecule has 0 radical (unpaired) electrons. The van der Waals surface area contributed by atoms with Crippen LogP contribution in [0, 0.1) is 0 Å². The lowest BCUT2D eigenvalue weighted by Gasteiger charge is -2.39. The van der Waals surface area contributed by atoms with Gasteiger partial charge in [0.2, 0.25) is 5.95 Å². The molecule has 3 aliphatic rings. The van der Waals surface area contributed by atoms with Crippen LogP contribution in [0.3, 0.4) is 0 Å². The first-order valence-electron chi connectivity index (χ1n) is 13.0. The molecule has 2 saturated heterocycles. The summed E-state index contributed by atoms with van der Waals surface area (Å²) in [5, 5.41) is 13.0. The number of hydrogen-bond acceptors (Lipinski definition) is 7. The summed E-state index contributed by atoms with van der Waals surface area (Å²) in [6.45, 7) is 0. The number of carbonyl (C=O) groups is 1. The standard InChI is InChI=1S/C28H29ClN4O4S/c29-20-7-5-18(6-8-20)19-15-22-11-12-23(16-19)33(22)28-31-24-2-1-13-38(36,37)26(24)27(32-28)30-21-9-3-17(4-10-21)14-25(34)35/h3-10,19,22-23H,1-2,11-16H2,(H,34,35)(H,30,31,32). The van der Waals surface area contributed by atoms with E-state index in [-0.39, 0.29) is 29.2 Å². The third kappa shape index (κ3) is 4.85. The second-order valence-corrected chi connectivity index (χ2v) is 13.0. The van der Waals surface area contributed by atoms with Crippen molar-refractivity contribution in [3.63, 3.8) is 0 Å². The van der Waals surface area contributed by atoms with Crippen molar-refractivity contribution in [3.05, 3.63) is 70.4 Å². The van der Waals surface area contributed by atoms with Crippen LogP contribution < -0.4 is 10.2 Å². The molecule has 2 atom stereocenters. The molecular formula is C28H29ClN4O4S. The molecule has 0 saturated carbocycles. The number of carboxylic acids is 1. The zero-order chi connectivity index (χ0) is 26.4. The minimum absolute atomic E-state index is 0.0730. The minimum atomic E-state index is -3.52. The van der Waals surface area contributed by atoms with Crippen LogP contribution in [0.1, 0.15) is 54.8 Å². The van der Waals surface area contributed by atoms with E-state index in [1.54, 1.807) is 24.3 Å². The SMILES string of the molecule is O=C(O)Cc1ccc(Nc2nc(N3C4CCC3CC(c3ccc(Cl)cc3)C4)nc3c2S(=O)(=O)CCC3)cc1. The van der Waals surface area contributed by atoms with Gasteiger partial charge < -0.3 is 15.3 Å². The van der Waals surface area contributed by atoms with E-state index in [2.05, 4.69) is 22.3 Å². The van der Waals surface area contributed by atoms with E-state index in [0.717, 1.165) is 30.7 Å². The molecule has 0 spiro atoms. The van der Waals surface area contributed by atoms with Gasteiger partial charge in [-0.1, -0.05) is 35.9 Å². The summed E-state index contributed by atoms with van der Waals surface area (Å²) in [4.78, 5) is 23.2. The largest absolute Gasteiger partial charge is 0.481 e. The number of rotatable bonds is 6. The van der Waals surface area contributed by atoms with Crippen molar-refractivity contribution >= 4 is 44.9 Å². The van der Waals surface area contributed by atoms with E-state index in [1.807, 2.05) is 12.1 Å². The van der Waals surface area contributed by atoms with Crippen LogP contribution in [0.15, 0.2) is 53.4 Å². The van der Waals surface area contributed by atoms with Crippen LogP contribution in [0.5, 0.6) is 0 Å². The number of benzene rings is 2. The first-order valence-corrected chi connectivity index (χ1v) is 15.0. The fourth-order valence-corrected chi connectivity index (χ4v) is 7.99. The Bertz CT molecular complexity index is 1460. The molecule has 10 heteroatoms. The highest BCUT2D eigenvalue weighted by Gasteiger charge is 2.43. The van der Waals surface area contributed by atoms with Crippen LogP contribution in [-0.2, 0) is 27.5 Å². The predicted octanol–water partition coefficient (Wildman–Crippen LogP) is 5.14. The quantitative estimate of drug-likeness (QED) is 0.432. The number of carboxylic acid groups (broad SMARTS) is 1. The molecule has 0 amide bonds. The molecule has 2 N–H and O–H groups in total. The van der Waals surface area contributed by atoms with E-state index >= 15 is 0 Å². The van der Waals surface area contributed by atoms with E-state index in [1.165, 1.54) is 5.56 Å². The van der Waals surface area contributed by atoms with Gasteiger partial charge in [0.1, 0.15) is 4.90 Å². The van der Waals surface area contributed by atoms with Crippen LogP contribution in [0.2, 0.25) is 5.02 Å². The maximum absolute atomic E-state index is 13.1. The maximum atomic E-state index is 13.1. The van der Waals surface area contributed by atoms with E-state index in [9.17, 15) is 13.2 Å². The molecule has 6 rings (SSSR count). The van der Waals surface area contributed by atoms with E-state index in [0.29, 0.717) is 47.5 Å². The molecule has 0 aliphatic carbocycles. The van der Waals surface area contributed by atoms with Crippen LogP contribution in [0.25, 0.3) is 0 Å². The molecular weight excluding hydrogens is 524 g/mol. The van der Waals surface area contributed by atoms with Gasteiger partial charge in [0.15, 0.2) is 15.7 Å². The summed E-state index contributed by atoms with van der Waals surface area (Å²) in [6.07, 6.45) is 5.15. The zero-order valence-electron chi connectivity index (χ0n) is 20.8. The summed E-state index contributed by atoms with van der Waals surface area (Å²) < 4.78 is 26.2. The van der Waals surface area contributed by atoms with Crippen molar-refractivity contribution in [3.8, 4) is 0 Å². The summed E-state index contributed by atoms with van der Waals surface area (Å²) in [5.74, 6) is 0.511. The molecule has 2 unspecified atom stereocenters. The Labute approximate surface area is 227 Å². The minimum Gasteiger partial charge on any atom is -0.481 e. The van der Waals surface area contributed by atoms with E-state index in [4.69, 9.17) is 26.7 Å². The van der Waals surface area contributed by atoms with Gasteiger partial charge in [-0.15, -0.1) is 0 Å². The van der Waals surface area contributed by atoms with Crippen molar-refractivity contribution in [1.82, 2.24) is 9.97 Å². The number of hydrogen-bond donors (Lipinski definition) is 2. The Hall–Kier alpha value is -3.17. The lowest BCUT2D eigenvalue weighted by Crippen LogP contribution is -2.43. The van der Waals surface area contributed by atoms with Crippen LogP contribution in [0.4, 0.5) is 17.5 Å². The van der Waals surface area contributed by atoms with Crippen LogP contribution in [-0.4, -0.2) is 47.3 Å². The van der Waals surface area contributed by atoms with Gasteiger partial charge in [0.05, 0.1) is 17.9 Å². The first kappa shape index (κ1) is 25.1. The maximum Gasteiger partial charge on any atom is 0.307 e. The first-order chi connectivity index (χ1) is 18.3. The van der Waals surface area contributed by atoms with Crippen molar-refractivity contribution < 1.29 is 18.3 Å². The fraction of sp³-hybridized carbons (Fsp3) is 0.393. The van der Waals surface area contributed by atoms with E-state index < -0.39 is 15.8 Å². The number of nitrogens with one attached hydrogen (secondary N) is 1. The lowest BCUT2D eigenvalue weighted by molar-refractivity contribution is -0.136.